The number of carbonyl (C=O) groups excluding carboxylic acids is 1. The van der Waals surface area contributed by atoms with Gasteiger partial charge in [-0.1, -0.05) is 46.6 Å². The number of carbonyl (C=O) groups is 1. The van der Waals surface area contributed by atoms with Crippen molar-refractivity contribution in [2.24, 2.45) is 0 Å². The van der Waals surface area contributed by atoms with Crippen molar-refractivity contribution in [2.75, 3.05) is 13.7 Å². The number of ether oxygens (including phenoxy) is 2. The van der Waals surface area contributed by atoms with Crippen LogP contribution in [-0.4, -0.2) is 64.9 Å². The SMILES string of the molecule is CC.CCC.[CH2-][C@@H](CC[CH-]c1ncc(F)cn1)OCC1C(NC)CC(C)N1C(=O)OC(C)C.[Na+]. The van der Waals surface area contributed by atoms with E-state index in [4.69, 9.17) is 9.47 Å². The molecule has 0 radical (unpaired) electrons. The minimum absolute atomic E-state index is 0. The predicted molar refractivity (Wildman–Crippen MR) is 131 cm³/mol. The molecule has 1 saturated heterocycles. The summed E-state index contributed by atoms with van der Waals surface area (Å²) in [6.45, 7) is 18.4. The Bertz CT molecular complexity index is 637. The Kier molecular flexibility index (Phi) is 21.0. The number of nitrogens with zero attached hydrogens (tertiary/aromatic N) is 3. The van der Waals surface area contributed by atoms with Gasteiger partial charge in [0.05, 0.1) is 31.1 Å². The average Bonchev–Trinajstić information content (AvgIpc) is 3.10. The van der Waals surface area contributed by atoms with E-state index in [2.05, 4.69) is 36.1 Å². The Hall–Kier alpha value is -0.930. The Labute approximate surface area is 229 Å². The van der Waals surface area contributed by atoms with Gasteiger partial charge in [0.15, 0.2) is 5.82 Å². The zero-order chi connectivity index (χ0) is 25.4. The molecule has 0 aromatic carbocycles. The van der Waals surface area contributed by atoms with Crippen molar-refractivity contribution in [2.45, 2.75) is 104 Å². The molecule has 192 valence electrons. The third kappa shape index (κ3) is 13.2. The quantitative estimate of drug-likeness (QED) is 0.422. The Morgan fingerprint density at radius 3 is 2.38 bits per heavy atom. The van der Waals surface area contributed by atoms with E-state index in [0.717, 1.165) is 18.8 Å². The first-order chi connectivity index (χ1) is 15.7. The van der Waals surface area contributed by atoms with Crippen molar-refractivity contribution in [3.63, 3.8) is 0 Å². The summed E-state index contributed by atoms with van der Waals surface area (Å²) >= 11 is 0. The van der Waals surface area contributed by atoms with Crippen LogP contribution in [0.15, 0.2) is 12.4 Å². The van der Waals surface area contributed by atoms with E-state index < -0.39 is 5.82 Å². The number of halogens is 1. The van der Waals surface area contributed by atoms with Gasteiger partial charge in [-0.3, -0.25) is 14.9 Å². The van der Waals surface area contributed by atoms with Gasteiger partial charge in [0.25, 0.3) is 0 Å². The van der Waals surface area contributed by atoms with Gasteiger partial charge in [0.1, 0.15) is 0 Å². The number of amides is 1. The molecular formula is C25H45FN4NaO3-. The van der Waals surface area contributed by atoms with Crippen LogP contribution >= 0.6 is 0 Å². The molecule has 4 atom stereocenters. The second-order valence-corrected chi connectivity index (χ2v) is 8.09. The van der Waals surface area contributed by atoms with Crippen LogP contribution in [0.25, 0.3) is 0 Å². The fourth-order valence-corrected chi connectivity index (χ4v) is 3.39. The largest absolute Gasteiger partial charge is 1.00 e. The number of hydrogen-bond donors (Lipinski definition) is 1. The van der Waals surface area contributed by atoms with E-state index >= 15 is 0 Å². The molecule has 9 heteroatoms. The topological polar surface area (TPSA) is 76.6 Å². The predicted octanol–water partition coefficient (Wildman–Crippen LogP) is 2.21. The average molecular weight is 492 g/mol. The van der Waals surface area contributed by atoms with E-state index in [-0.39, 0.29) is 66.0 Å². The summed E-state index contributed by atoms with van der Waals surface area (Å²) in [7, 11) is 1.89. The van der Waals surface area contributed by atoms with Crippen LogP contribution < -0.4 is 34.9 Å². The van der Waals surface area contributed by atoms with E-state index in [1.54, 1.807) is 4.90 Å². The zero-order valence-corrected chi connectivity index (χ0v) is 24.8. The molecule has 0 bridgehead atoms. The van der Waals surface area contributed by atoms with Crippen molar-refractivity contribution in [1.29, 1.82) is 0 Å². The van der Waals surface area contributed by atoms with Crippen LogP contribution in [0.2, 0.25) is 0 Å². The molecule has 1 aliphatic heterocycles. The molecule has 2 heterocycles. The summed E-state index contributed by atoms with van der Waals surface area (Å²) in [6.07, 6.45) is 6.81. The number of nitrogens with one attached hydrogen (secondary N) is 1. The van der Waals surface area contributed by atoms with Gasteiger partial charge in [-0.05, 0) is 40.1 Å². The first-order valence-electron chi connectivity index (χ1n) is 12.1. The molecule has 1 aromatic heterocycles. The van der Waals surface area contributed by atoms with Crippen LogP contribution in [0.5, 0.6) is 0 Å². The molecule has 1 fully saturated rings. The second-order valence-electron chi connectivity index (χ2n) is 8.09. The van der Waals surface area contributed by atoms with E-state index in [1.165, 1.54) is 6.42 Å². The molecule has 34 heavy (non-hydrogen) atoms. The Morgan fingerprint density at radius 1 is 1.32 bits per heavy atom. The Morgan fingerprint density at radius 2 is 1.88 bits per heavy atom. The standard InChI is InChI=1S/C20H31FN4O3.C3H8.C2H6.Na/c1-13(2)28-20(26)25-14(3)9-17(22-5)18(25)12-27-15(4)7-6-8-19-23-10-16(21)11-24-19;1-3-2;1-2;/h8,10-11,13-15,17-18,22H,4,6-7,9,12H2,1-3,5H3;3H2,1-2H3;1-2H3;/q-2;;;+1/t14?,15-,17?,18?;;;/m0.../s1. The monoisotopic (exact) mass is 491 g/mol. The van der Waals surface area contributed by atoms with Gasteiger partial charge >= 0.3 is 35.7 Å². The van der Waals surface area contributed by atoms with Gasteiger partial charge in [-0.25, -0.2) is 9.18 Å². The second kappa shape index (κ2) is 20.3. The molecule has 1 N–H and O–H groups in total. The molecule has 3 unspecified atom stereocenters. The molecule has 0 aliphatic carbocycles. The van der Waals surface area contributed by atoms with Gasteiger partial charge in [0.2, 0.25) is 0 Å². The van der Waals surface area contributed by atoms with Crippen LogP contribution in [0.3, 0.4) is 0 Å². The van der Waals surface area contributed by atoms with E-state index in [0.29, 0.717) is 25.3 Å². The third-order valence-electron chi connectivity index (χ3n) is 4.77. The van der Waals surface area contributed by atoms with Gasteiger partial charge in [0, 0.05) is 12.1 Å². The normalized spacial score (nSPS) is 19.7. The van der Waals surface area contributed by atoms with Crippen molar-refractivity contribution in [3.05, 3.63) is 37.4 Å². The summed E-state index contributed by atoms with van der Waals surface area (Å²) < 4.78 is 24.1. The first-order valence-corrected chi connectivity index (χ1v) is 12.1. The number of hydrogen-bond acceptors (Lipinski definition) is 6. The molecule has 0 spiro atoms. The van der Waals surface area contributed by atoms with Crippen molar-refractivity contribution >= 4 is 6.09 Å². The maximum Gasteiger partial charge on any atom is 1.00 e. The molecule has 0 saturated carbocycles. The summed E-state index contributed by atoms with van der Waals surface area (Å²) in [5.74, 6) is 0.0250. The van der Waals surface area contributed by atoms with E-state index in [9.17, 15) is 9.18 Å². The maximum absolute atomic E-state index is 12.8. The van der Waals surface area contributed by atoms with Crippen LogP contribution in [0.1, 0.15) is 80.0 Å². The van der Waals surface area contributed by atoms with Gasteiger partial charge in [-0.15, -0.1) is 0 Å². The molecule has 7 nitrogen and oxygen atoms in total. The number of rotatable bonds is 9. The third-order valence-corrected chi connectivity index (χ3v) is 4.77. The zero-order valence-electron chi connectivity index (χ0n) is 22.8. The fraction of sp³-hybridized carbons (Fsp3) is 0.720. The maximum atomic E-state index is 12.8. The Balaban J connectivity index is 0. The van der Waals surface area contributed by atoms with E-state index in [1.807, 2.05) is 48.1 Å². The van der Waals surface area contributed by atoms with Crippen LogP contribution in [-0.2, 0) is 9.47 Å². The van der Waals surface area contributed by atoms with Gasteiger partial charge < -0.3 is 28.1 Å². The summed E-state index contributed by atoms with van der Waals surface area (Å²) in [5.41, 5.74) is 0. The molecular weight excluding hydrogens is 446 g/mol. The first kappa shape index (κ1) is 35.2. The molecule has 2 rings (SSSR count). The summed E-state index contributed by atoms with van der Waals surface area (Å²) in [5, 5.41) is 3.27. The van der Waals surface area contributed by atoms with Crippen LogP contribution in [0.4, 0.5) is 9.18 Å². The summed E-state index contributed by atoms with van der Waals surface area (Å²) in [4.78, 5) is 22.1. The minimum Gasteiger partial charge on any atom is -0.447 e. The fourth-order valence-electron chi connectivity index (χ4n) is 3.39. The van der Waals surface area contributed by atoms with Gasteiger partial charge in [-0.2, -0.15) is 6.42 Å². The smallest absolute Gasteiger partial charge is 0.447 e. The van der Waals surface area contributed by atoms with Crippen molar-refractivity contribution in [1.82, 2.24) is 20.2 Å². The van der Waals surface area contributed by atoms with Crippen molar-refractivity contribution < 1.29 is 48.2 Å². The van der Waals surface area contributed by atoms with Crippen molar-refractivity contribution in [3.8, 4) is 0 Å². The molecule has 1 aliphatic rings. The molecule has 1 amide bonds. The number of likely N-dealkylation sites (tertiary alicyclic amines) is 1. The number of aromatic nitrogens is 2. The van der Waals surface area contributed by atoms with Crippen LogP contribution in [0, 0.1) is 19.2 Å². The summed E-state index contributed by atoms with van der Waals surface area (Å²) in [6, 6.07) is 0.102. The number of likely N-dealkylation sites (N-methyl/N-ethyl adjacent to an activating group) is 1. The minimum atomic E-state index is -0.457. The molecule has 1 aromatic rings.